The number of rotatable bonds is 6. The van der Waals surface area contributed by atoms with Gasteiger partial charge in [-0.2, -0.15) is 0 Å². The van der Waals surface area contributed by atoms with E-state index >= 15 is 0 Å². The minimum absolute atomic E-state index is 0.0502. The van der Waals surface area contributed by atoms with Gasteiger partial charge in [-0.05, 0) is 24.6 Å². The van der Waals surface area contributed by atoms with Crippen LogP contribution in [0.15, 0.2) is 41.5 Å². The van der Waals surface area contributed by atoms with Gasteiger partial charge in [0.1, 0.15) is 5.82 Å². The van der Waals surface area contributed by atoms with E-state index in [4.69, 9.17) is 4.74 Å². The Bertz CT molecular complexity index is 1040. The summed E-state index contributed by atoms with van der Waals surface area (Å²) in [7, 11) is 0. The highest BCUT2D eigenvalue weighted by Gasteiger charge is 2.59. The number of carbonyl (C=O) groups excluding carboxylic acids is 1. The smallest absolute Gasteiger partial charge is 0.352 e. The first-order valence-corrected chi connectivity index (χ1v) is 12.3. The highest BCUT2D eigenvalue weighted by atomic mass is 32.2. The Morgan fingerprint density at radius 1 is 1.30 bits per heavy atom. The molecule has 33 heavy (non-hydrogen) atoms. The number of aromatic nitrogens is 1. The SMILES string of the molecule is CC1=C(c2cccc(F)c2)C(SC(C)C)(C(=O)Oc2nccs2)N(N2CCC(F)(F)CC2)N1. The summed E-state index contributed by atoms with van der Waals surface area (Å²) in [5.74, 6) is -3.82. The van der Waals surface area contributed by atoms with Crippen LogP contribution in [0.4, 0.5) is 13.2 Å². The van der Waals surface area contributed by atoms with Crippen molar-refractivity contribution in [1.82, 2.24) is 20.5 Å². The van der Waals surface area contributed by atoms with Crippen LogP contribution in [0.25, 0.3) is 5.57 Å². The molecule has 1 N–H and O–H groups in total. The van der Waals surface area contributed by atoms with Gasteiger partial charge in [-0.3, -0.25) is 0 Å². The first-order valence-electron chi connectivity index (χ1n) is 10.6. The topological polar surface area (TPSA) is 57.7 Å². The molecule has 6 nitrogen and oxygen atoms in total. The number of ether oxygens (including phenoxy) is 1. The number of thiazole rings is 1. The van der Waals surface area contributed by atoms with Crippen molar-refractivity contribution in [1.29, 1.82) is 0 Å². The number of hydrazine groups is 2. The van der Waals surface area contributed by atoms with E-state index in [9.17, 15) is 18.0 Å². The van der Waals surface area contributed by atoms with Crippen LogP contribution in [0.3, 0.4) is 0 Å². The van der Waals surface area contributed by atoms with Gasteiger partial charge in [0.25, 0.3) is 11.1 Å². The number of halogens is 3. The summed E-state index contributed by atoms with van der Waals surface area (Å²) in [6.07, 6.45) is 0.870. The third kappa shape index (κ3) is 4.77. The van der Waals surface area contributed by atoms with Gasteiger partial charge >= 0.3 is 5.97 Å². The first kappa shape index (κ1) is 24.1. The van der Waals surface area contributed by atoms with Crippen LogP contribution in [-0.2, 0) is 4.79 Å². The van der Waals surface area contributed by atoms with Crippen molar-refractivity contribution < 1.29 is 22.7 Å². The summed E-state index contributed by atoms with van der Waals surface area (Å²) in [5.41, 5.74) is 4.86. The normalized spacial score (nSPS) is 23.7. The molecule has 1 fully saturated rings. The van der Waals surface area contributed by atoms with E-state index in [1.807, 2.05) is 13.8 Å². The van der Waals surface area contributed by atoms with Crippen molar-refractivity contribution in [3.63, 3.8) is 0 Å². The Morgan fingerprint density at radius 2 is 2.03 bits per heavy atom. The van der Waals surface area contributed by atoms with E-state index in [1.54, 1.807) is 34.6 Å². The van der Waals surface area contributed by atoms with Crippen LogP contribution in [0.5, 0.6) is 5.19 Å². The van der Waals surface area contributed by atoms with Gasteiger partial charge in [0, 0.05) is 54.0 Å². The number of piperidine rings is 1. The van der Waals surface area contributed by atoms with Gasteiger partial charge in [0.2, 0.25) is 4.87 Å². The maximum atomic E-state index is 14.2. The number of nitrogens with zero attached hydrogens (tertiary/aromatic N) is 3. The van der Waals surface area contributed by atoms with E-state index in [2.05, 4.69) is 10.4 Å². The molecule has 1 aromatic heterocycles. The number of nitrogens with one attached hydrogen (secondary N) is 1. The number of alkyl halides is 2. The van der Waals surface area contributed by atoms with Crippen molar-refractivity contribution in [3.8, 4) is 5.19 Å². The molecule has 0 radical (unpaired) electrons. The van der Waals surface area contributed by atoms with Gasteiger partial charge in [-0.15, -0.1) is 16.9 Å². The molecule has 1 aromatic carbocycles. The van der Waals surface area contributed by atoms with Crippen molar-refractivity contribution in [2.45, 2.75) is 49.7 Å². The molecular formula is C22H25F3N4O2S2. The molecule has 1 saturated heterocycles. The molecule has 0 aliphatic carbocycles. The van der Waals surface area contributed by atoms with Gasteiger partial charge < -0.3 is 10.2 Å². The number of esters is 1. The minimum atomic E-state index is -2.75. The fourth-order valence-electron chi connectivity index (χ4n) is 4.10. The Kier molecular flexibility index (Phi) is 6.77. The van der Waals surface area contributed by atoms with E-state index < -0.39 is 22.6 Å². The van der Waals surface area contributed by atoms with Crippen molar-refractivity contribution >= 4 is 34.6 Å². The Balaban J connectivity index is 1.83. The molecule has 3 heterocycles. The zero-order chi connectivity index (χ0) is 23.8. The number of benzene rings is 1. The fourth-order valence-corrected chi connectivity index (χ4v) is 6.05. The number of hydrogen-bond acceptors (Lipinski definition) is 8. The number of allylic oxidation sites excluding steroid dienone is 1. The van der Waals surface area contributed by atoms with Crippen LogP contribution in [0.1, 0.15) is 39.2 Å². The molecule has 11 heteroatoms. The lowest BCUT2D eigenvalue weighted by Crippen LogP contribution is -2.64. The highest BCUT2D eigenvalue weighted by molar-refractivity contribution is 8.02. The van der Waals surface area contributed by atoms with E-state index in [0.29, 0.717) is 16.8 Å². The lowest BCUT2D eigenvalue weighted by atomic mass is 9.97. The molecule has 0 bridgehead atoms. The van der Waals surface area contributed by atoms with Crippen molar-refractivity contribution in [3.05, 3.63) is 52.9 Å². The third-order valence-corrected chi connectivity index (χ3v) is 7.43. The standard InChI is InChI=1S/C22H25F3N4O2S2/c1-14(2)33-22(19(30)31-20-26-9-12-32-20)18(16-5-4-6-17(23)13-16)15(3)27-29(22)28-10-7-21(24,25)8-11-28/h4-6,9,12-14,27H,7-8,10-11H2,1-3H3. The number of carbonyl (C=O) groups is 1. The van der Waals surface area contributed by atoms with Crippen LogP contribution < -0.4 is 10.2 Å². The first-order chi connectivity index (χ1) is 15.6. The summed E-state index contributed by atoms with van der Waals surface area (Å²) in [4.78, 5) is 16.5. The molecule has 0 saturated carbocycles. The summed E-state index contributed by atoms with van der Waals surface area (Å²) >= 11 is 2.48. The summed E-state index contributed by atoms with van der Waals surface area (Å²) in [6.45, 7) is 5.75. The minimum Gasteiger partial charge on any atom is -0.395 e. The third-order valence-electron chi connectivity index (χ3n) is 5.43. The molecule has 0 spiro atoms. The predicted molar refractivity (Wildman–Crippen MR) is 123 cm³/mol. The molecule has 2 aliphatic heterocycles. The lowest BCUT2D eigenvalue weighted by molar-refractivity contribution is -0.167. The molecule has 178 valence electrons. The lowest BCUT2D eigenvalue weighted by Gasteiger charge is -2.45. The van der Waals surface area contributed by atoms with E-state index in [-0.39, 0.29) is 36.4 Å². The molecule has 4 rings (SSSR count). The molecule has 1 atom stereocenters. The van der Waals surface area contributed by atoms with Gasteiger partial charge in [0.15, 0.2) is 0 Å². The van der Waals surface area contributed by atoms with E-state index in [1.165, 1.54) is 41.4 Å². The maximum Gasteiger partial charge on any atom is 0.352 e. The Labute approximate surface area is 198 Å². The Hall–Kier alpha value is -2.08. The molecule has 2 aliphatic rings. The molecule has 1 unspecified atom stereocenters. The Morgan fingerprint density at radius 3 is 2.64 bits per heavy atom. The molecule has 0 amide bonds. The second-order valence-electron chi connectivity index (χ2n) is 8.24. The predicted octanol–water partition coefficient (Wildman–Crippen LogP) is 4.92. The monoisotopic (exact) mass is 498 g/mol. The fraction of sp³-hybridized carbons (Fsp3) is 0.455. The largest absolute Gasteiger partial charge is 0.395 e. The summed E-state index contributed by atoms with van der Waals surface area (Å²) in [5, 5.41) is 5.12. The average Bonchev–Trinajstić information content (AvgIpc) is 3.34. The second-order valence-corrected chi connectivity index (χ2v) is 10.9. The van der Waals surface area contributed by atoms with Crippen LogP contribution in [0.2, 0.25) is 0 Å². The highest BCUT2D eigenvalue weighted by Crippen LogP contribution is 2.50. The summed E-state index contributed by atoms with van der Waals surface area (Å²) < 4.78 is 47.8. The van der Waals surface area contributed by atoms with Gasteiger partial charge in [0.05, 0.1) is 0 Å². The number of hydrogen-bond donors (Lipinski definition) is 1. The second kappa shape index (κ2) is 9.28. The molecular weight excluding hydrogens is 473 g/mol. The van der Waals surface area contributed by atoms with Crippen LogP contribution in [0, 0.1) is 5.82 Å². The average molecular weight is 499 g/mol. The van der Waals surface area contributed by atoms with Gasteiger partial charge in [-0.1, -0.05) is 37.3 Å². The maximum absolute atomic E-state index is 14.2. The zero-order valence-electron chi connectivity index (χ0n) is 18.5. The van der Waals surface area contributed by atoms with Crippen LogP contribution in [-0.4, -0.2) is 50.2 Å². The zero-order valence-corrected chi connectivity index (χ0v) is 20.1. The quantitative estimate of drug-likeness (QED) is 0.567. The van der Waals surface area contributed by atoms with Crippen molar-refractivity contribution in [2.75, 3.05) is 13.1 Å². The molecule has 2 aromatic rings. The number of thioether (sulfide) groups is 1. The summed E-state index contributed by atoms with van der Waals surface area (Å²) in [6, 6.07) is 5.99. The van der Waals surface area contributed by atoms with E-state index in [0.717, 1.165) is 0 Å². The van der Waals surface area contributed by atoms with Gasteiger partial charge in [-0.25, -0.2) is 28.0 Å². The van der Waals surface area contributed by atoms with Crippen molar-refractivity contribution in [2.24, 2.45) is 0 Å². The van der Waals surface area contributed by atoms with Crippen LogP contribution >= 0.6 is 23.1 Å².